The first-order chi connectivity index (χ1) is 17.1. The number of aromatic nitrogens is 3. The molecule has 6 aromatic rings. The minimum absolute atomic E-state index is 0.00689. The van der Waals surface area contributed by atoms with Gasteiger partial charge in [-0.3, -0.25) is 0 Å². The van der Waals surface area contributed by atoms with Crippen molar-refractivity contribution in [1.29, 1.82) is 5.26 Å². The SMILES string of the molecule is N#Cc1cc(-c2nc(-c3ccccc3)nc(-c3ccc4c(c3)oc3ccccc34)n2)c(F)cc1F. The maximum absolute atomic E-state index is 14.8. The first-order valence-electron chi connectivity index (χ1n) is 10.7. The van der Waals surface area contributed by atoms with Crippen LogP contribution < -0.4 is 0 Å². The van der Waals surface area contributed by atoms with E-state index < -0.39 is 11.6 Å². The van der Waals surface area contributed by atoms with Crippen LogP contribution in [0.5, 0.6) is 0 Å². The van der Waals surface area contributed by atoms with Crippen LogP contribution in [-0.4, -0.2) is 15.0 Å². The fraction of sp³-hybridized carbons (Fsp3) is 0. The standard InChI is InChI=1S/C28H14F2N4O/c29-22-14-23(30)21(12-18(22)15-31)28-33-26(16-6-2-1-3-7-16)32-27(34-28)17-10-11-20-19-8-4-5-9-24(19)35-25(20)13-17/h1-14H. The van der Waals surface area contributed by atoms with Gasteiger partial charge in [-0.1, -0.05) is 54.6 Å². The summed E-state index contributed by atoms with van der Waals surface area (Å²) in [5.41, 5.74) is 2.37. The maximum atomic E-state index is 14.8. The summed E-state index contributed by atoms with van der Waals surface area (Å²) < 4.78 is 34.7. The van der Waals surface area contributed by atoms with Crippen molar-refractivity contribution in [3.63, 3.8) is 0 Å². The Bertz CT molecular complexity index is 1790. The minimum Gasteiger partial charge on any atom is -0.456 e. The van der Waals surface area contributed by atoms with Crippen LogP contribution in [0.2, 0.25) is 0 Å². The van der Waals surface area contributed by atoms with Crippen LogP contribution in [0.15, 0.2) is 89.3 Å². The van der Waals surface area contributed by atoms with Gasteiger partial charge in [0.05, 0.1) is 11.1 Å². The highest BCUT2D eigenvalue weighted by atomic mass is 19.1. The van der Waals surface area contributed by atoms with E-state index in [2.05, 4.69) is 15.0 Å². The highest BCUT2D eigenvalue weighted by Crippen LogP contribution is 2.33. The Balaban J connectivity index is 1.58. The van der Waals surface area contributed by atoms with Gasteiger partial charge in [-0.25, -0.2) is 23.7 Å². The van der Waals surface area contributed by atoms with E-state index >= 15 is 0 Å². The van der Waals surface area contributed by atoms with Crippen LogP contribution in [-0.2, 0) is 0 Å². The van der Waals surface area contributed by atoms with E-state index in [1.54, 1.807) is 6.07 Å². The largest absolute Gasteiger partial charge is 0.456 e. The Hall–Kier alpha value is -4.96. The second-order valence-corrected chi connectivity index (χ2v) is 7.91. The predicted octanol–water partition coefficient (Wildman–Crippen LogP) is 6.92. The van der Waals surface area contributed by atoms with Crippen molar-refractivity contribution < 1.29 is 13.2 Å². The summed E-state index contributed by atoms with van der Waals surface area (Å²) in [6.45, 7) is 0. The Morgan fingerprint density at radius 3 is 2.11 bits per heavy atom. The zero-order valence-corrected chi connectivity index (χ0v) is 18.0. The molecule has 0 spiro atoms. The number of hydrogen-bond acceptors (Lipinski definition) is 5. The Morgan fingerprint density at radius 2 is 1.31 bits per heavy atom. The van der Waals surface area contributed by atoms with Gasteiger partial charge in [0.2, 0.25) is 0 Å². The summed E-state index contributed by atoms with van der Waals surface area (Å²) in [5, 5.41) is 11.2. The molecule has 0 aliphatic carbocycles. The fourth-order valence-electron chi connectivity index (χ4n) is 4.01. The highest BCUT2D eigenvalue weighted by Gasteiger charge is 2.18. The Morgan fingerprint density at radius 1 is 0.629 bits per heavy atom. The molecule has 5 nitrogen and oxygen atoms in total. The van der Waals surface area contributed by atoms with Gasteiger partial charge in [0.25, 0.3) is 0 Å². The van der Waals surface area contributed by atoms with Crippen molar-refractivity contribution in [2.45, 2.75) is 0 Å². The predicted molar refractivity (Wildman–Crippen MR) is 128 cm³/mol. The van der Waals surface area contributed by atoms with E-state index in [1.807, 2.05) is 72.8 Å². The molecule has 0 unspecified atom stereocenters. The molecule has 2 heterocycles. The van der Waals surface area contributed by atoms with E-state index in [9.17, 15) is 14.0 Å². The maximum Gasteiger partial charge on any atom is 0.167 e. The van der Waals surface area contributed by atoms with E-state index in [0.717, 1.165) is 22.4 Å². The smallest absolute Gasteiger partial charge is 0.167 e. The van der Waals surface area contributed by atoms with Crippen LogP contribution in [0.3, 0.4) is 0 Å². The van der Waals surface area contributed by atoms with Crippen molar-refractivity contribution >= 4 is 21.9 Å². The quantitative estimate of drug-likeness (QED) is 0.286. The molecule has 166 valence electrons. The number of furan rings is 1. The first-order valence-corrected chi connectivity index (χ1v) is 10.7. The third-order valence-electron chi connectivity index (χ3n) is 5.72. The van der Waals surface area contributed by atoms with Gasteiger partial charge in [0, 0.05) is 28.0 Å². The first kappa shape index (κ1) is 20.6. The van der Waals surface area contributed by atoms with Crippen LogP contribution in [0.4, 0.5) is 8.78 Å². The van der Waals surface area contributed by atoms with Gasteiger partial charge in [0.15, 0.2) is 17.5 Å². The number of para-hydroxylation sites is 1. The number of fused-ring (bicyclic) bond motifs is 3. The topological polar surface area (TPSA) is 75.6 Å². The van der Waals surface area contributed by atoms with Gasteiger partial charge in [-0.05, 0) is 24.3 Å². The molecule has 0 bridgehead atoms. The summed E-state index contributed by atoms with van der Waals surface area (Å²) in [6.07, 6.45) is 0. The van der Waals surface area contributed by atoms with Gasteiger partial charge in [0.1, 0.15) is 28.9 Å². The molecule has 0 aliphatic heterocycles. The van der Waals surface area contributed by atoms with Gasteiger partial charge in [-0.15, -0.1) is 0 Å². The number of nitrogens with zero attached hydrogens (tertiary/aromatic N) is 4. The van der Waals surface area contributed by atoms with Crippen molar-refractivity contribution in [3.05, 3.63) is 102 Å². The monoisotopic (exact) mass is 460 g/mol. The summed E-state index contributed by atoms with van der Waals surface area (Å²) in [4.78, 5) is 13.6. The molecule has 0 aliphatic rings. The van der Waals surface area contributed by atoms with Gasteiger partial charge in [-0.2, -0.15) is 5.26 Å². The molecule has 0 saturated heterocycles. The van der Waals surface area contributed by atoms with Crippen LogP contribution in [0, 0.1) is 23.0 Å². The molecule has 0 amide bonds. The fourth-order valence-corrected chi connectivity index (χ4v) is 4.01. The molecule has 0 fully saturated rings. The zero-order chi connectivity index (χ0) is 23.9. The third-order valence-corrected chi connectivity index (χ3v) is 5.72. The summed E-state index contributed by atoms with van der Waals surface area (Å²) in [6, 6.07) is 26.0. The van der Waals surface area contributed by atoms with Gasteiger partial charge >= 0.3 is 0 Å². The van der Waals surface area contributed by atoms with Crippen LogP contribution in [0.25, 0.3) is 56.1 Å². The molecule has 0 N–H and O–H groups in total. The van der Waals surface area contributed by atoms with E-state index in [-0.39, 0.29) is 17.0 Å². The molecule has 4 aromatic carbocycles. The van der Waals surface area contributed by atoms with Gasteiger partial charge < -0.3 is 4.42 Å². The lowest BCUT2D eigenvalue weighted by Gasteiger charge is -2.09. The molecular weight excluding hydrogens is 446 g/mol. The third kappa shape index (κ3) is 3.58. The molecule has 35 heavy (non-hydrogen) atoms. The normalized spacial score (nSPS) is 11.1. The van der Waals surface area contributed by atoms with E-state index in [4.69, 9.17) is 4.42 Å². The molecule has 0 atom stereocenters. The molecule has 0 saturated carbocycles. The molecule has 0 radical (unpaired) electrons. The Labute approximate surface area is 198 Å². The Kier molecular flexibility index (Phi) is 4.78. The van der Waals surface area contributed by atoms with Crippen LogP contribution in [0.1, 0.15) is 5.56 Å². The number of nitriles is 1. The number of benzene rings is 4. The number of rotatable bonds is 3. The highest BCUT2D eigenvalue weighted by molar-refractivity contribution is 6.05. The molecule has 6 rings (SSSR count). The number of halogens is 2. The lowest BCUT2D eigenvalue weighted by Crippen LogP contribution is -2.02. The van der Waals surface area contributed by atoms with Crippen molar-refractivity contribution in [2.75, 3.05) is 0 Å². The average Bonchev–Trinajstić information content (AvgIpc) is 3.27. The summed E-state index contributed by atoms with van der Waals surface area (Å²) >= 11 is 0. The second kappa shape index (κ2) is 8.12. The van der Waals surface area contributed by atoms with Crippen molar-refractivity contribution in [2.24, 2.45) is 0 Å². The molecule has 2 aromatic heterocycles. The molecule has 7 heteroatoms. The number of hydrogen-bond donors (Lipinski definition) is 0. The van der Waals surface area contributed by atoms with E-state index in [1.165, 1.54) is 0 Å². The lowest BCUT2D eigenvalue weighted by molar-refractivity contribution is 0.582. The summed E-state index contributed by atoms with van der Waals surface area (Å²) in [7, 11) is 0. The van der Waals surface area contributed by atoms with Crippen molar-refractivity contribution in [3.8, 4) is 40.2 Å². The van der Waals surface area contributed by atoms with Crippen LogP contribution >= 0.6 is 0 Å². The van der Waals surface area contributed by atoms with Crippen molar-refractivity contribution in [1.82, 2.24) is 15.0 Å². The minimum atomic E-state index is -0.943. The zero-order valence-electron chi connectivity index (χ0n) is 18.0. The lowest BCUT2D eigenvalue weighted by atomic mass is 10.1. The average molecular weight is 460 g/mol. The summed E-state index contributed by atoms with van der Waals surface area (Å²) in [5.74, 6) is -1.21. The second-order valence-electron chi connectivity index (χ2n) is 7.91. The molecular formula is C28H14F2N4O. The van der Waals surface area contributed by atoms with E-state index in [0.29, 0.717) is 34.4 Å².